The molecule has 56 valence electrons. The Morgan fingerprint density at radius 3 is 2.40 bits per heavy atom. The summed E-state index contributed by atoms with van der Waals surface area (Å²) in [6, 6.07) is 0. The standard InChI is InChI=1S/C4H5O.C4H9.Ti/c1-4(2)3-5;1-4(2)3;/h1H2,2H3;4H,1H2,2-3H3;. The van der Waals surface area contributed by atoms with Crippen molar-refractivity contribution in [1.82, 2.24) is 0 Å². The minimum atomic E-state index is -0.382. The van der Waals surface area contributed by atoms with E-state index in [2.05, 4.69) is 20.4 Å². The van der Waals surface area contributed by atoms with E-state index in [1.807, 2.05) is 0 Å². The zero-order chi connectivity index (χ0) is 8.15. The molecule has 0 fully saturated rings. The van der Waals surface area contributed by atoms with Crippen LogP contribution in [0.4, 0.5) is 0 Å². The molecule has 0 aliphatic heterocycles. The van der Waals surface area contributed by atoms with E-state index >= 15 is 0 Å². The van der Waals surface area contributed by atoms with Gasteiger partial charge in [0.25, 0.3) is 0 Å². The van der Waals surface area contributed by atoms with Crippen molar-refractivity contribution >= 4 is 4.09 Å². The Balaban J connectivity index is 3.50. The van der Waals surface area contributed by atoms with Gasteiger partial charge in [0.1, 0.15) is 0 Å². The molecule has 1 nitrogen and oxygen atoms in total. The summed E-state index contributed by atoms with van der Waals surface area (Å²) in [5, 5.41) is 0. The number of carbonyl (C=O) groups excluding carboxylic acids is 1. The monoisotopic (exact) mass is 174 g/mol. The average molecular weight is 174 g/mol. The quantitative estimate of drug-likeness (QED) is 0.471. The van der Waals surface area contributed by atoms with Crippen LogP contribution in [0.3, 0.4) is 0 Å². The van der Waals surface area contributed by atoms with E-state index in [-0.39, 0.29) is 19.2 Å². The van der Waals surface area contributed by atoms with Crippen molar-refractivity contribution in [2.45, 2.75) is 25.5 Å². The Bertz CT molecular complexity index is 138. The zero-order valence-corrected chi connectivity index (χ0v) is 8.46. The summed E-state index contributed by atoms with van der Waals surface area (Å²) >= 11 is -0.382. The van der Waals surface area contributed by atoms with Gasteiger partial charge in [-0.3, -0.25) is 0 Å². The second-order valence-corrected chi connectivity index (χ2v) is 4.78. The summed E-state index contributed by atoms with van der Waals surface area (Å²) in [6.45, 7) is 9.71. The number of rotatable bonds is 4. The molecule has 2 heteroatoms. The first kappa shape index (κ1) is 10.1. The second kappa shape index (κ2) is 4.87. The van der Waals surface area contributed by atoms with Crippen LogP contribution in [0, 0.1) is 5.92 Å². The Hall–Kier alpha value is 0.124. The molecule has 0 aliphatic rings. The van der Waals surface area contributed by atoms with Crippen LogP contribution in [-0.4, -0.2) is 4.09 Å². The topological polar surface area (TPSA) is 17.1 Å². The van der Waals surface area contributed by atoms with Crippen molar-refractivity contribution in [3.8, 4) is 0 Å². The molecule has 0 atom stereocenters. The fourth-order valence-electron chi connectivity index (χ4n) is 0.448. The maximum absolute atomic E-state index is 11.0. The molecule has 0 amide bonds. The predicted octanol–water partition coefficient (Wildman–Crippen LogP) is 2.25. The third kappa shape index (κ3) is 4.95. The van der Waals surface area contributed by atoms with Gasteiger partial charge in [-0.1, -0.05) is 0 Å². The summed E-state index contributed by atoms with van der Waals surface area (Å²) in [5.74, 6) is 0.670. The molecule has 0 aliphatic carbocycles. The van der Waals surface area contributed by atoms with Gasteiger partial charge in [0, 0.05) is 0 Å². The molecule has 0 unspecified atom stereocenters. The molecule has 10 heavy (non-hydrogen) atoms. The predicted molar refractivity (Wildman–Crippen MR) is 39.5 cm³/mol. The molecule has 0 bridgehead atoms. The van der Waals surface area contributed by atoms with Crippen LogP contribution in [0.1, 0.15) is 20.8 Å². The minimum absolute atomic E-state index is 0.328. The molecule has 0 rings (SSSR count). The van der Waals surface area contributed by atoms with Crippen LogP contribution in [0.5, 0.6) is 0 Å². The zero-order valence-electron chi connectivity index (χ0n) is 6.90. The van der Waals surface area contributed by atoms with Crippen LogP contribution < -0.4 is 0 Å². The van der Waals surface area contributed by atoms with Gasteiger partial charge in [-0.15, -0.1) is 0 Å². The fraction of sp³-hybridized carbons (Fsp3) is 0.625. The SMILES string of the molecule is C=C(C)[C](=O)[Ti][CH2]C(C)C. The van der Waals surface area contributed by atoms with Crippen molar-refractivity contribution in [1.29, 1.82) is 0 Å². The van der Waals surface area contributed by atoms with Gasteiger partial charge in [-0.2, -0.15) is 0 Å². The molecule has 0 saturated heterocycles. The van der Waals surface area contributed by atoms with Gasteiger partial charge in [-0.25, -0.2) is 0 Å². The van der Waals surface area contributed by atoms with E-state index in [1.165, 1.54) is 0 Å². The van der Waals surface area contributed by atoms with Gasteiger partial charge >= 0.3 is 71.6 Å². The van der Waals surface area contributed by atoms with Crippen LogP contribution in [0.25, 0.3) is 0 Å². The van der Waals surface area contributed by atoms with Crippen LogP contribution >= 0.6 is 0 Å². The van der Waals surface area contributed by atoms with E-state index < -0.39 is 0 Å². The van der Waals surface area contributed by atoms with Gasteiger partial charge in [0.2, 0.25) is 0 Å². The molecule has 0 N–H and O–H groups in total. The molecule has 0 aromatic carbocycles. The van der Waals surface area contributed by atoms with Crippen molar-refractivity contribution < 1.29 is 23.9 Å². The molecule has 0 radical (unpaired) electrons. The Morgan fingerprint density at radius 2 is 2.10 bits per heavy atom. The summed E-state index contributed by atoms with van der Waals surface area (Å²) in [4.78, 5) is 11.0. The first-order chi connectivity index (χ1) is 4.54. The van der Waals surface area contributed by atoms with Crippen LogP contribution in [-0.2, 0) is 23.9 Å². The van der Waals surface area contributed by atoms with Crippen LogP contribution in [0.2, 0.25) is 4.73 Å². The molecule has 0 aromatic heterocycles. The van der Waals surface area contributed by atoms with Gasteiger partial charge in [-0.05, 0) is 0 Å². The molecular formula is C8H14OTi. The first-order valence-corrected chi connectivity index (χ1v) is 5.36. The van der Waals surface area contributed by atoms with E-state index in [0.29, 0.717) is 10.0 Å². The van der Waals surface area contributed by atoms with Crippen molar-refractivity contribution in [2.75, 3.05) is 0 Å². The Morgan fingerprint density at radius 1 is 1.60 bits per heavy atom. The van der Waals surface area contributed by atoms with Gasteiger partial charge in [0.15, 0.2) is 0 Å². The summed E-state index contributed by atoms with van der Waals surface area (Å²) in [5.41, 5.74) is 0.737. The molecule has 0 aromatic rings. The molecule has 0 spiro atoms. The number of hydrogen-bond donors (Lipinski definition) is 0. The first-order valence-electron chi connectivity index (χ1n) is 3.47. The van der Waals surface area contributed by atoms with Crippen molar-refractivity contribution in [3.63, 3.8) is 0 Å². The molecule has 0 heterocycles. The third-order valence-electron chi connectivity index (χ3n) is 1.06. The van der Waals surface area contributed by atoms with E-state index in [4.69, 9.17) is 0 Å². The van der Waals surface area contributed by atoms with Crippen LogP contribution in [0.15, 0.2) is 12.2 Å². The fourth-order valence-corrected chi connectivity index (χ4v) is 1.85. The van der Waals surface area contributed by atoms with E-state index in [1.54, 1.807) is 6.92 Å². The number of hydrogen-bond acceptors (Lipinski definition) is 1. The number of allylic oxidation sites excluding steroid dienone is 1. The van der Waals surface area contributed by atoms with E-state index in [0.717, 1.165) is 10.3 Å². The van der Waals surface area contributed by atoms with Gasteiger partial charge in [0.05, 0.1) is 0 Å². The second-order valence-electron chi connectivity index (χ2n) is 2.88. The van der Waals surface area contributed by atoms with Crippen molar-refractivity contribution in [2.24, 2.45) is 5.92 Å². The average Bonchev–Trinajstić information content (AvgIpc) is 1.82. The molecule has 0 saturated carbocycles. The summed E-state index contributed by atoms with van der Waals surface area (Å²) in [6.07, 6.45) is 0. The Labute approximate surface area is 71.8 Å². The Kier molecular flexibility index (Phi) is 4.93. The summed E-state index contributed by atoms with van der Waals surface area (Å²) in [7, 11) is 0. The van der Waals surface area contributed by atoms with E-state index in [9.17, 15) is 4.79 Å². The normalized spacial score (nSPS) is 9.60. The number of carbonyl (C=O) groups is 1. The maximum atomic E-state index is 11.0. The third-order valence-corrected chi connectivity index (χ3v) is 3.82. The van der Waals surface area contributed by atoms with Crippen molar-refractivity contribution in [3.05, 3.63) is 12.2 Å². The van der Waals surface area contributed by atoms with Gasteiger partial charge < -0.3 is 0 Å². The molecular weight excluding hydrogens is 160 g/mol. The summed E-state index contributed by atoms with van der Waals surface area (Å²) < 4.78 is 1.43.